The normalized spacial score (nSPS) is 21.1. The minimum atomic E-state index is -1.01. The molecule has 1 N–H and O–H groups in total. The molecule has 9 heteroatoms. The molecule has 1 atom stereocenters. The van der Waals surface area contributed by atoms with Crippen molar-refractivity contribution in [1.82, 2.24) is 15.1 Å². The Morgan fingerprint density at radius 1 is 1.03 bits per heavy atom. The molecule has 1 aliphatic carbocycles. The summed E-state index contributed by atoms with van der Waals surface area (Å²) in [5, 5.41) is 2.99. The van der Waals surface area contributed by atoms with Crippen LogP contribution in [0.25, 0.3) is 0 Å². The Balaban J connectivity index is 1.39. The minimum absolute atomic E-state index is 0.0894. The lowest BCUT2D eigenvalue weighted by atomic mass is 9.96. The van der Waals surface area contributed by atoms with E-state index in [4.69, 9.17) is 9.47 Å². The molecule has 2 saturated heterocycles. The van der Waals surface area contributed by atoms with Crippen LogP contribution in [0.5, 0.6) is 5.75 Å². The molecule has 2 heterocycles. The molecule has 0 aromatic heterocycles. The average molecular weight is 482 g/mol. The Kier molecular flexibility index (Phi) is 6.19. The van der Waals surface area contributed by atoms with Crippen molar-refractivity contribution in [3.05, 3.63) is 65.5 Å². The lowest BCUT2D eigenvalue weighted by Crippen LogP contribution is -2.60. The van der Waals surface area contributed by atoms with Gasteiger partial charge in [0.05, 0.1) is 13.7 Å². The number of halogens is 1. The summed E-state index contributed by atoms with van der Waals surface area (Å²) >= 11 is 0. The van der Waals surface area contributed by atoms with Gasteiger partial charge in [0.1, 0.15) is 23.3 Å². The van der Waals surface area contributed by atoms with Crippen LogP contribution in [0, 0.1) is 5.82 Å². The Hall–Kier alpha value is -3.46. The van der Waals surface area contributed by atoms with Gasteiger partial charge in [0.15, 0.2) is 0 Å². The Morgan fingerprint density at radius 2 is 1.71 bits per heavy atom. The van der Waals surface area contributed by atoms with E-state index in [1.165, 1.54) is 25.3 Å². The van der Waals surface area contributed by atoms with Gasteiger partial charge in [-0.2, -0.15) is 0 Å². The molecule has 5 rings (SSSR count). The maximum Gasteiger partial charge on any atom is 0.257 e. The standard InChI is InChI=1S/C26H28FN3O5/c1-34-21-7-3-5-18(15-21)25(33)30-22(23(31)28-20-8-9-20)16-35-26(30)10-12-29(13-11-26)24(32)17-4-2-6-19(27)14-17/h2-7,14-15,20,22H,8-13,16H2,1H3,(H,28,31). The lowest BCUT2D eigenvalue weighted by molar-refractivity contribution is -0.128. The quantitative estimate of drug-likeness (QED) is 0.709. The summed E-state index contributed by atoms with van der Waals surface area (Å²) in [5.74, 6) is -0.741. The molecule has 0 bridgehead atoms. The molecule has 2 aromatic carbocycles. The van der Waals surface area contributed by atoms with Gasteiger partial charge in [-0.3, -0.25) is 19.3 Å². The number of likely N-dealkylation sites (tertiary alicyclic amines) is 1. The van der Waals surface area contributed by atoms with E-state index in [-0.39, 0.29) is 35.9 Å². The number of nitrogens with zero attached hydrogens (tertiary/aromatic N) is 2. The number of hydrogen-bond donors (Lipinski definition) is 1. The van der Waals surface area contributed by atoms with Crippen LogP contribution in [0.1, 0.15) is 46.4 Å². The molecule has 0 radical (unpaired) electrons. The SMILES string of the molecule is COc1cccc(C(=O)N2C(C(=O)NC3CC3)COC23CCN(C(=O)c2cccc(F)c2)CC3)c1. The van der Waals surface area contributed by atoms with Crippen molar-refractivity contribution >= 4 is 17.7 Å². The maximum atomic E-state index is 13.8. The second kappa shape index (κ2) is 9.30. The van der Waals surface area contributed by atoms with E-state index in [1.54, 1.807) is 40.1 Å². The van der Waals surface area contributed by atoms with Crippen molar-refractivity contribution in [3.8, 4) is 5.75 Å². The Morgan fingerprint density at radius 3 is 2.37 bits per heavy atom. The smallest absolute Gasteiger partial charge is 0.257 e. The van der Waals surface area contributed by atoms with Crippen LogP contribution in [0.3, 0.4) is 0 Å². The van der Waals surface area contributed by atoms with E-state index in [2.05, 4.69) is 5.32 Å². The molecule has 3 amide bonds. The van der Waals surface area contributed by atoms with Crippen molar-refractivity contribution < 1.29 is 28.2 Å². The highest BCUT2D eigenvalue weighted by molar-refractivity contribution is 5.99. The maximum absolute atomic E-state index is 13.8. The lowest BCUT2D eigenvalue weighted by Gasteiger charge is -2.44. The first kappa shape index (κ1) is 23.3. The molecular formula is C26H28FN3O5. The van der Waals surface area contributed by atoms with Crippen molar-refractivity contribution in [2.75, 3.05) is 26.8 Å². The number of piperidine rings is 1. The van der Waals surface area contributed by atoms with E-state index in [0.29, 0.717) is 37.2 Å². The first-order valence-electron chi connectivity index (χ1n) is 11.9. The number of carbonyl (C=O) groups excluding carboxylic acids is 3. The fraction of sp³-hybridized carbons (Fsp3) is 0.423. The van der Waals surface area contributed by atoms with Crippen LogP contribution in [0.15, 0.2) is 48.5 Å². The fourth-order valence-electron chi connectivity index (χ4n) is 4.85. The van der Waals surface area contributed by atoms with Gasteiger partial charge in [0.25, 0.3) is 11.8 Å². The van der Waals surface area contributed by atoms with E-state index in [0.717, 1.165) is 12.8 Å². The average Bonchev–Trinajstić information content (AvgIpc) is 3.62. The van der Waals surface area contributed by atoms with Crippen LogP contribution in [0.4, 0.5) is 4.39 Å². The molecular weight excluding hydrogens is 453 g/mol. The molecule has 3 fully saturated rings. The minimum Gasteiger partial charge on any atom is -0.497 e. The molecule has 1 spiro atoms. The first-order valence-corrected chi connectivity index (χ1v) is 11.9. The molecule has 2 aliphatic heterocycles. The van der Waals surface area contributed by atoms with Gasteiger partial charge in [-0.05, 0) is 49.2 Å². The molecule has 35 heavy (non-hydrogen) atoms. The summed E-state index contributed by atoms with van der Waals surface area (Å²) in [6.45, 7) is 0.717. The molecule has 2 aromatic rings. The van der Waals surface area contributed by atoms with Crippen LogP contribution in [-0.4, -0.2) is 72.1 Å². The Labute approximate surface area is 203 Å². The van der Waals surface area contributed by atoms with Crippen LogP contribution in [-0.2, 0) is 9.53 Å². The van der Waals surface area contributed by atoms with Gasteiger partial charge in [0, 0.05) is 43.1 Å². The summed E-state index contributed by atoms with van der Waals surface area (Å²) in [5.41, 5.74) is -0.333. The number of ether oxygens (including phenoxy) is 2. The second-order valence-electron chi connectivity index (χ2n) is 9.27. The predicted molar refractivity (Wildman–Crippen MR) is 124 cm³/mol. The van der Waals surface area contributed by atoms with E-state index in [1.807, 2.05) is 0 Å². The molecule has 3 aliphatic rings. The van der Waals surface area contributed by atoms with E-state index >= 15 is 0 Å². The first-order chi connectivity index (χ1) is 16.9. The summed E-state index contributed by atoms with van der Waals surface area (Å²) in [6.07, 6.45) is 2.56. The summed E-state index contributed by atoms with van der Waals surface area (Å²) in [6, 6.07) is 11.8. The van der Waals surface area contributed by atoms with E-state index in [9.17, 15) is 18.8 Å². The topological polar surface area (TPSA) is 88.2 Å². The van der Waals surface area contributed by atoms with Gasteiger partial charge in [-0.25, -0.2) is 4.39 Å². The number of rotatable bonds is 5. The van der Waals surface area contributed by atoms with Crippen molar-refractivity contribution in [2.45, 2.75) is 43.5 Å². The second-order valence-corrected chi connectivity index (χ2v) is 9.27. The number of benzene rings is 2. The molecule has 184 valence electrons. The third-order valence-electron chi connectivity index (χ3n) is 6.93. The number of methoxy groups -OCH3 is 1. The van der Waals surface area contributed by atoms with Gasteiger partial charge < -0.3 is 19.7 Å². The number of hydrogen-bond acceptors (Lipinski definition) is 5. The summed E-state index contributed by atoms with van der Waals surface area (Å²) in [7, 11) is 1.53. The number of carbonyl (C=O) groups is 3. The monoisotopic (exact) mass is 481 g/mol. The van der Waals surface area contributed by atoms with Gasteiger partial charge in [-0.15, -0.1) is 0 Å². The number of amides is 3. The van der Waals surface area contributed by atoms with Crippen LogP contribution < -0.4 is 10.1 Å². The van der Waals surface area contributed by atoms with E-state index < -0.39 is 17.6 Å². The molecule has 1 unspecified atom stereocenters. The van der Waals surface area contributed by atoms with Crippen molar-refractivity contribution in [3.63, 3.8) is 0 Å². The summed E-state index contributed by atoms with van der Waals surface area (Å²) in [4.78, 5) is 43.0. The predicted octanol–water partition coefficient (Wildman–Crippen LogP) is 2.59. The largest absolute Gasteiger partial charge is 0.497 e. The highest BCUT2D eigenvalue weighted by Crippen LogP contribution is 2.39. The third-order valence-corrected chi connectivity index (χ3v) is 6.93. The van der Waals surface area contributed by atoms with Crippen molar-refractivity contribution in [1.29, 1.82) is 0 Å². The van der Waals surface area contributed by atoms with Gasteiger partial charge in [0.2, 0.25) is 5.91 Å². The fourth-order valence-corrected chi connectivity index (χ4v) is 4.85. The molecule has 8 nitrogen and oxygen atoms in total. The summed E-state index contributed by atoms with van der Waals surface area (Å²) < 4.78 is 25.1. The molecule has 1 saturated carbocycles. The highest BCUT2D eigenvalue weighted by atomic mass is 19.1. The Bertz CT molecular complexity index is 1140. The van der Waals surface area contributed by atoms with Crippen molar-refractivity contribution in [2.24, 2.45) is 0 Å². The zero-order valence-electron chi connectivity index (χ0n) is 19.5. The third kappa shape index (κ3) is 4.60. The van der Waals surface area contributed by atoms with Crippen LogP contribution >= 0.6 is 0 Å². The number of nitrogens with one attached hydrogen (secondary N) is 1. The van der Waals surface area contributed by atoms with Gasteiger partial charge >= 0.3 is 0 Å². The highest BCUT2D eigenvalue weighted by Gasteiger charge is 2.54. The zero-order valence-corrected chi connectivity index (χ0v) is 19.5. The van der Waals surface area contributed by atoms with Gasteiger partial charge in [-0.1, -0.05) is 12.1 Å². The van der Waals surface area contributed by atoms with Crippen LogP contribution in [0.2, 0.25) is 0 Å². The zero-order chi connectivity index (χ0) is 24.6.